The molecular formula is C12H15F2NO5S. The summed E-state index contributed by atoms with van der Waals surface area (Å²) in [6.45, 7) is 2.87. The summed E-state index contributed by atoms with van der Waals surface area (Å²) in [7, 11) is -4.45. The van der Waals surface area contributed by atoms with Gasteiger partial charge in [-0.25, -0.2) is 26.7 Å². The number of benzene rings is 1. The maximum Gasteiger partial charge on any atom is 0.335 e. The van der Waals surface area contributed by atoms with Crippen LogP contribution in [0.1, 0.15) is 30.6 Å². The minimum absolute atomic E-state index is 0.0575. The summed E-state index contributed by atoms with van der Waals surface area (Å²) in [5, 5.41) is 17.9. The van der Waals surface area contributed by atoms with Crippen molar-refractivity contribution in [2.24, 2.45) is 0 Å². The number of sulfonamides is 1. The number of aliphatic hydroxyl groups excluding tert-OH is 1. The Hall–Kier alpha value is -1.58. The molecular weight excluding hydrogens is 308 g/mol. The van der Waals surface area contributed by atoms with E-state index in [1.54, 1.807) is 0 Å². The van der Waals surface area contributed by atoms with Gasteiger partial charge in [0.1, 0.15) is 4.90 Å². The maximum atomic E-state index is 13.6. The molecule has 1 rings (SSSR count). The van der Waals surface area contributed by atoms with Crippen LogP contribution < -0.4 is 4.72 Å². The van der Waals surface area contributed by atoms with E-state index in [0.717, 1.165) is 0 Å². The van der Waals surface area contributed by atoms with Crippen LogP contribution in [0.5, 0.6) is 0 Å². The average Bonchev–Trinajstić information content (AvgIpc) is 2.29. The second-order valence-corrected chi connectivity index (χ2v) is 6.36. The Kier molecular flexibility index (Phi) is 5.37. The molecule has 1 aromatic carbocycles. The minimum Gasteiger partial charge on any atom is -0.478 e. The molecule has 0 aliphatic heterocycles. The molecule has 0 saturated carbocycles. The number of hydrogen-bond acceptors (Lipinski definition) is 4. The largest absolute Gasteiger partial charge is 0.478 e. The van der Waals surface area contributed by atoms with Crippen molar-refractivity contribution in [3.8, 4) is 0 Å². The van der Waals surface area contributed by atoms with Crippen LogP contribution in [0, 0.1) is 11.6 Å². The van der Waals surface area contributed by atoms with Crippen molar-refractivity contribution in [2.75, 3.05) is 0 Å². The van der Waals surface area contributed by atoms with E-state index in [2.05, 4.69) is 4.72 Å². The first-order valence-electron chi connectivity index (χ1n) is 5.97. The van der Waals surface area contributed by atoms with Crippen LogP contribution in [-0.4, -0.2) is 36.7 Å². The lowest BCUT2D eigenvalue weighted by Crippen LogP contribution is -2.35. The van der Waals surface area contributed by atoms with Gasteiger partial charge < -0.3 is 10.2 Å². The molecule has 1 aromatic rings. The van der Waals surface area contributed by atoms with E-state index in [4.69, 9.17) is 10.2 Å². The molecule has 118 valence electrons. The number of carboxylic acids is 1. The van der Waals surface area contributed by atoms with Crippen molar-refractivity contribution in [3.05, 3.63) is 29.3 Å². The lowest BCUT2D eigenvalue weighted by molar-refractivity contribution is 0.0696. The van der Waals surface area contributed by atoms with Gasteiger partial charge in [0.15, 0.2) is 11.6 Å². The molecule has 2 atom stereocenters. The topological polar surface area (TPSA) is 104 Å². The zero-order valence-electron chi connectivity index (χ0n) is 11.3. The van der Waals surface area contributed by atoms with Crippen LogP contribution in [0.3, 0.4) is 0 Å². The first-order valence-corrected chi connectivity index (χ1v) is 7.45. The van der Waals surface area contributed by atoms with E-state index in [1.165, 1.54) is 13.8 Å². The molecule has 9 heteroatoms. The lowest BCUT2D eigenvalue weighted by Gasteiger charge is -2.16. The number of carbonyl (C=O) groups is 1. The summed E-state index contributed by atoms with van der Waals surface area (Å²) in [5.74, 6) is -4.81. The quantitative estimate of drug-likeness (QED) is 0.727. The molecule has 0 fully saturated rings. The summed E-state index contributed by atoms with van der Waals surface area (Å²) in [6, 6.07) is 0.194. The second-order valence-electron chi connectivity index (χ2n) is 4.68. The van der Waals surface area contributed by atoms with Crippen molar-refractivity contribution in [1.82, 2.24) is 4.72 Å². The molecule has 0 bridgehead atoms. The van der Waals surface area contributed by atoms with Crippen LogP contribution in [0.15, 0.2) is 17.0 Å². The third-order valence-corrected chi connectivity index (χ3v) is 4.17. The highest BCUT2D eigenvalue weighted by Crippen LogP contribution is 2.20. The summed E-state index contributed by atoms with van der Waals surface area (Å²) < 4.78 is 52.9. The Balaban J connectivity index is 3.22. The predicted octanol–water partition coefficient (Wildman–Crippen LogP) is 1.10. The zero-order chi connectivity index (χ0) is 16.4. The van der Waals surface area contributed by atoms with Gasteiger partial charge >= 0.3 is 5.97 Å². The van der Waals surface area contributed by atoms with Crippen LogP contribution >= 0.6 is 0 Å². The highest BCUT2D eigenvalue weighted by Gasteiger charge is 2.26. The van der Waals surface area contributed by atoms with Gasteiger partial charge in [-0.1, -0.05) is 0 Å². The number of nitrogens with one attached hydrogen (secondary N) is 1. The zero-order valence-corrected chi connectivity index (χ0v) is 12.1. The van der Waals surface area contributed by atoms with E-state index in [0.29, 0.717) is 12.1 Å². The number of aliphatic hydroxyl groups is 1. The monoisotopic (exact) mass is 323 g/mol. The van der Waals surface area contributed by atoms with E-state index in [-0.39, 0.29) is 6.42 Å². The molecule has 0 spiro atoms. The van der Waals surface area contributed by atoms with Crippen molar-refractivity contribution in [1.29, 1.82) is 0 Å². The van der Waals surface area contributed by atoms with Crippen molar-refractivity contribution < 1.29 is 32.2 Å². The van der Waals surface area contributed by atoms with Crippen LogP contribution in [0.2, 0.25) is 0 Å². The predicted molar refractivity (Wildman–Crippen MR) is 69.4 cm³/mol. The number of hydrogen-bond donors (Lipinski definition) is 3. The van der Waals surface area contributed by atoms with E-state index >= 15 is 0 Å². The molecule has 3 N–H and O–H groups in total. The average molecular weight is 323 g/mol. The fraction of sp³-hybridized carbons (Fsp3) is 0.417. The molecule has 0 saturated heterocycles. The maximum absolute atomic E-state index is 13.6. The summed E-state index contributed by atoms with van der Waals surface area (Å²) >= 11 is 0. The molecule has 0 heterocycles. The van der Waals surface area contributed by atoms with Gasteiger partial charge in [-0.2, -0.15) is 0 Å². The Labute approximate surface area is 120 Å². The van der Waals surface area contributed by atoms with Gasteiger partial charge in [0.2, 0.25) is 10.0 Å². The van der Waals surface area contributed by atoms with Crippen LogP contribution in [0.25, 0.3) is 0 Å². The molecule has 0 amide bonds. The summed E-state index contributed by atoms with van der Waals surface area (Å²) in [4.78, 5) is 9.69. The Morgan fingerprint density at radius 1 is 1.33 bits per heavy atom. The Morgan fingerprint density at radius 2 is 1.90 bits per heavy atom. The van der Waals surface area contributed by atoms with E-state index in [1.807, 2.05) is 0 Å². The first-order chi connectivity index (χ1) is 9.54. The van der Waals surface area contributed by atoms with Crippen LogP contribution in [-0.2, 0) is 10.0 Å². The number of aromatic carboxylic acids is 1. The van der Waals surface area contributed by atoms with Gasteiger partial charge in [-0.05, 0) is 32.4 Å². The first kappa shape index (κ1) is 17.5. The van der Waals surface area contributed by atoms with Gasteiger partial charge in [0.25, 0.3) is 0 Å². The Bertz CT molecular complexity index is 645. The lowest BCUT2D eigenvalue weighted by atomic mass is 10.2. The molecule has 21 heavy (non-hydrogen) atoms. The second kappa shape index (κ2) is 6.46. The van der Waals surface area contributed by atoms with Crippen molar-refractivity contribution in [2.45, 2.75) is 37.3 Å². The van der Waals surface area contributed by atoms with Gasteiger partial charge in [0.05, 0.1) is 11.7 Å². The molecule has 0 aromatic heterocycles. The molecule has 2 unspecified atom stereocenters. The number of halogens is 2. The molecule has 0 aliphatic rings. The fourth-order valence-electron chi connectivity index (χ4n) is 1.77. The normalized spacial score (nSPS) is 14.7. The smallest absolute Gasteiger partial charge is 0.335 e. The van der Waals surface area contributed by atoms with Gasteiger partial charge in [-0.15, -0.1) is 0 Å². The van der Waals surface area contributed by atoms with Gasteiger partial charge in [-0.3, -0.25) is 0 Å². The molecule has 6 nitrogen and oxygen atoms in total. The summed E-state index contributed by atoms with van der Waals surface area (Å²) in [6.07, 6.45) is -0.739. The fourth-order valence-corrected chi connectivity index (χ4v) is 3.14. The third-order valence-electron chi connectivity index (χ3n) is 2.58. The number of rotatable bonds is 6. The van der Waals surface area contributed by atoms with Crippen molar-refractivity contribution in [3.63, 3.8) is 0 Å². The molecule has 0 aliphatic carbocycles. The SMILES string of the molecule is CC(O)CC(C)NS(=O)(=O)c1cc(C(=O)O)cc(F)c1F. The van der Waals surface area contributed by atoms with Crippen LogP contribution in [0.4, 0.5) is 8.78 Å². The standard InChI is InChI=1S/C12H15F2NO5S/c1-6(3-7(2)16)15-21(19,20)10-5-8(12(17)18)4-9(13)11(10)14/h4-7,15-16H,3H2,1-2H3,(H,17,18). The summed E-state index contributed by atoms with van der Waals surface area (Å²) in [5.41, 5.74) is -0.683. The third kappa shape index (κ3) is 4.45. The molecule has 0 radical (unpaired) electrons. The highest BCUT2D eigenvalue weighted by atomic mass is 32.2. The van der Waals surface area contributed by atoms with E-state index < -0.39 is 50.2 Å². The van der Waals surface area contributed by atoms with Crippen molar-refractivity contribution >= 4 is 16.0 Å². The van der Waals surface area contributed by atoms with E-state index in [9.17, 15) is 22.0 Å². The Morgan fingerprint density at radius 3 is 2.38 bits per heavy atom. The highest BCUT2D eigenvalue weighted by molar-refractivity contribution is 7.89. The van der Waals surface area contributed by atoms with Gasteiger partial charge in [0, 0.05) is 6.04 Å². The number of carboxylic acid groups (broad SMARTS) is 1. The minimum atomic E-state index is -4.45.